The quantitative estimate of drug-likeness (QED) is 0.598. The lowest BCUT2D eigenvalue weighted by atomic mass is 9.70. The Bertz CT molecular complexity index is 1050. The number of nitrogens with one attached hydrogen (secondary N) is 2. The van der Waals surface area contributed by atoms with E-state index in [9.17, 15) is 23.1 Å². The number of hydrogen-bond acceptors (Lipinski definition) is 2. The minimum absolute atomic E-state index is 0.0541. The zero-order valence-electron chi connectivity index (χ0n) is 15.8. The third-order valence-electron chi connectivity index (χ3n) is 5.59. The number of aromatic nitrogens is 1. The van der Waals surface area contributed by atoms with Gasteiger partial charge in [0.05, 0.1) is 11.2 Å². The summed E-state index contributed by atoms with van der Waals surface area (Å²) < 4.78 is 41.6. The summed E-state index contributed by atoms with van der Waals surface area (Å²) >= 11 is 0. The number of rotatable bonds is 5. The predicted molar refractivity (Wildman–Crippen MR) is 104 cm³/mol. The van der Waals surface area contributed by atoms with Crippen LogP contribution in [-0.2, 0) is 4.79 Å². The van der Waals surface area contributed by atoms with Crippen molar-refractivity contribution in [2.75, 3.05) is 6.54 Å². The van der Waals surface area contributed by atoms with Crippen molar-refractivity contribution in [1.82, 2.24) is 10.3 Å². The average molecular weight is 402 g/mol. The van der Waals surface area contributed by atoms with Crippen LogP contribution in [0.3, 0.4) is 0 Å². The molecule has 1 aromatic heterocycles. The number of H-pyrrole nitrogens is 1. The molecule has 1 aliphatic rings. The summed E-state index contributed by atoms with van der Waals surface area (Å²) in [5.74, 6) is -1.85. The van der Waals surface area contributed by atoms with Crippen molar-refractivity contribution >= 4 is 16.8 Å². The fraction of sp³-hybridized carbons (Fsp3) is 0.318. The van der Waals surface area contributed by atoms with E-state index < -0.39 is 23.6 Å². The summed E-state index contributed by atoms with van der Waals surface area (Å²) in [6.45, 7) is 1.85. The van der Waals surface area contributed by atoms with Crippen molar-refractivity contribution in [2.24, 2.45) is 5.92 Å². The Kier molecular flexibility index (Phi) is 5.08. The van der Waals surface area contributed by atoms with Gasteiger partial charge in [-0.1, -0.05) is 0 Å². The van der Waals surface area contributed by atoms with Gasteiger partial charge in [0.2, 0.25) is 5.91 Å². The molecule has 29 heavy (non-hydrogen) atoms. The lowest BCUT2D eigenvalue weighted by molar-refractivity contribution is -0.128. The lowest BCUT2D eigenvalue weighted by Crippen LogP contribution is -2.39. The van der Waals surface area contributed by atoms with Gasteiger partial charge in [-0.3, -0.25) is 4.79 Å². The minimum Gasteiger partial charge on any atom is -0.384 e. The summed E-state index contributed by atoms with van der Waals surface area (Å²) in [6.07, 6.45) is 0.411. The number of carbonyl (C=O) groups excluding carboxylic acids is 1. The summed E-state index contributed by atoms with van der Waals surface area (Å²) in [5.41, 5.74) is 2.39. The molecule has 3 aromatic rings. The minimum atomic E-state index is -1.06. The van der Waals surface area contributed by atoms with E-state index in [1.54, 1.807) is 12.1 Å². The molecule has 0 aliphatic heterocycles. The van der Waals surface area contributed by atoms with Crippen LogP contribution in [-0.4, -0.2) is 28.6 Å². The van der Waals surface area contributed by atoms with Crippen molar-refractivity contribution in [1.29, 1.82) is 0 Å². The highest BCUT2D eigenvalue weighted by Gasteiger charge is 2.35. The van der Waals surface area contributed by atoms with Gasteiger partial charge in [0, 0.05) is 18.0 Å². The van der Waals surface area contributed by atoms with Gasteiger partial charge in [-0.2, -0.15) is 0 Å². The zero-order chi connectivity index (χ0) is 20.7. The van der Waals surface area contributed by atoms with Crippen LogP contribution >= 0.6 is 0 Å². The van der Waals surface area contributed by atoms with Crippen LogP contribution < -0.4 is 5.32 Å². The second-order valence-corrected chi connectivity index (χ2v) is 7.69. The van der Waals surface area contributed by atoms with Gasteiger partial charge in [0.25, 0.3) is 0 Å². The molecule has 1 unspecified atom stereocenters. The van der Waals surface area contributed by atoms with Crippen LogP contribution in [0.4, 0.5) is 13.2 Å². The maximum atomic E-state index is 14.4. The van der Waals surface area contributed by atoms with Crippen LogP contribution in [0.2, 0.25) is 0 Å². The Labute approximate surface area is 165 Å². The lowest BCUT2D eigenvalue weighted by Gasteiger charge is -2.36. The molecule has 2 aromatic carbocycles. The van der Waals surface area contributed by atoms with Gasteiger partial charge in [0.15, 0.2) is 0 Å². The Morgan fingerprint density at radius 1 is 1.17 bits per heavy atom. The molecular weight excluding hydrogens is 381 g/mol. The molecule has 1 aliphatic carbocycles. The fourth-order valence-corrected chi connectivity index (χ4v) is 4.04. The maximum Gasteiger partial charge on any atom is 0.248 e. The molecule has 1 amide bonds. The van der Waals surface area contributed by atoms with E-state index in [0.717, 1.165) is 24.5 Å². The largest absolute Gasteiger partial charge is 0.384 e. The normalized spacial score (nSPS) is 19.8. The predicted octanol–water partition coefficient (Wildman–Crippen LogP) is 4.24. The van der Waals surface area contributed by atoms with Crippen LogP contribution in [0.25, 0.3) is 22.2 Å². The molecule has 0 radical (unpaired) electrons. The Morgan fingerprint density at radius 2 is 1.86 bits per heavy atom. The van der Waals surface area contributed by atoms with Crippen molar-refractivity contribution < 1.29 is 23.1 Å². The van der Waals surface area contributed by atoms with E-state index in [4.69, 9.17) is 0 Å². The first kappa shape index (κ1) is 19.5. The Morgan fingerprint density at radius 3 is 2.52 bits per heavy atom. The standard InChI is InChI=1S/C22H21F3N2O2/c1-11(28)22(29)26-10-12-6-14(7-12)19-17-8-16(24)9-18(25)21(17)27-20(19)13-2-4-15(23)5-3-13/h2-5,8-9,11-12,14,27-28H,6-7,10H2,1H3,(H,26,29)/t11?,12-,14-. The number of aromatic amines is 1. The van der Waals surface area contributed by atoms with E-state index in [2.05, 4.69) is 10.3 Å². The van der Waals surface area contributed by atoms with Crippen molar-refractivity contribution in [3.8, 4) is 11.3 Å². The number of benzene rings is 2. The topological polar surface area (TPSA) is 65.1 Å². The smallest absolute Gasteiger partial charge is 0.248 e. The molecule has 1 atom stereocenters. The van der Waals surface area contributed by atoms with E-state index in [1.807, 2.05) is 0 Å². The molecule has 0 saturated heterocycles. The number of aliphatic hydroxyl groups excluding tert-OH is 1. The number of halogens is 3. The average Bonchev–Trinajstić information content (AvgIpc) is 3.00. The molecule has 4 nitrogen and oxygen atoms in total. The SMILES string of the molecule is CC(O)C(=O)NC[C@H]1C[C@H](c2c(-c3ccc(F)cc3)[nH]c3c(F)cc(F)cc32)C1. The molecule has 0 bridgehead atoms. The summed E-state index contributed by atoms with van der Waals surface area (Å²) in [7, 11) is 0. The Balaban J connectivity index is 1.65. The van der Waals surface area contributed by atoms with Gasteiger partial charge in [-0.15, -0.1) is 0 Å². The molecule has 7 heteroatoms. The summed E-state index contributed by atoms with van der Waals surface area (Å²) in [5, 5.41) is 12.4. The number of fused-ring (bicyclic) bond motifs is 1. The molecule has 4 rings (SSSR count). The van der Waals surface area contributed by atoms with Crippen LogP contribution in [0.1, 0.15) is 31.2 Å². The second-order valence-electron chi connectivity index (χ2n) is 7.69. The molecule has 1 saturated carbocycles. The van der Waals surface area contributed by atoms with Gasteiger partial charge < -0.3 is 15.4 Å². The van der Waals surface area contributed by atoms with E-state index in [1.165, 1.54) is 25.1 Å². The summed E-state index contributed by atoms with van der Waals surface area (Å²) in [6, 6.07) is 8.03. The van der Waals surface area contributed by atoms with Gasteiger partial charge >= 0.3 is 0 Å². The molecular formula is C22H21F3N2O2. The van der Waals surface area contributed by atoms with E-state index >= 15 is 0 Å². The van der Waals surface area contributed by atoms with Gasteiger partial charge in [0.1, 0.15) is 23.6 Å². The second kappa shape index (κ2) is 7.55. The Hall–Kier alpha value is -2.80. The van der Waals surface area contributed by atoms with E-state index in [-0.39, 0.29) is 23.2 Å². The van der Waals surface area contributed by atoms with Crippen LogP contribution in [0, 0.1) is 23.4 Å². The number of aliphatic hydroxyl groups is 1. The van der Waals surface area contributed by atoms with Crippen molar-refractivity contribution in [3.05, 3.63) is 59.4 Å². The summed E-state index contributed by atoms with van der Waals surface area (Å²) in [4.78, 5) is 14.6. The van der Waals surface area contributed by atoms with Gasteiger partial charge in [-0.05, 0) is 73.1 Å². The molecule has 3 N–H and O–H groups in total. The highest BCUT2D eigenvalue weighted by atomic mass is 19.1. The van der Waals surface area contributed by atoms with Gasteiger partial charge in [-0.25, -0.2) is 13.2 Å². The number of hydrogen-bond donors (Lipinski definition) is 3. The molecule has 0 spiro atoms. The third kappa shape index (κ3) is 3.74. The first-order valence-corrected chi connectivity index (χ1v) is 9.55. The van der Waals surface area contributed by atoms with E-state index in [0.29, 0.717) is 23.2 Å². The molecule has 152 valence electrons. The zero-order valence-corrected chi connectivity index (χ0v) is 15.8. The first-order valence-electron chi connectivity index (χ1n) is 9.55. The highest BCUT2D eigenvalue weighted by Crippen LogP contribution is 2.48. The number of carbonyl (C=O) groups is 1. The fourth-order valence-electron chi connectivity index (χ4n) is 4.04. The monoisotopic (exact) mass is 402 g/mol. The maximum absolute atomic E-state index is 14.4. The van der Waals surface area contributed by atoms with Crippen molar-refractivity contribution in [3.63, 3.8) is 0 Å². The van der Waals surface area contributed by atoms with Crippen LogP contribution in [0.5, 0.6) is 0 Å². The van der Waals surface area contributed by atoms with Crippen molar-refractivity contribution in [2.45, 2.75) is 31.8 Å². The highest BCUT2D eigenvalue weighted by molar-refractivity contribution is 5.92. The number of amides is 1. The molecule has 1 heterocycles. The first-order chi connectivity index (χ1) is 13.8. The third-order valence-corrected chi connectivity index (χ3v) is 5.59. The van der Waals surface area contributed by atoms with Crippen LogP contribution in [0.15, 0.2) is 36.4 Å². The molecule has 1 fully saturated rings.